The highest BCUT2D eigenvalue weighted by Crippen LogP contribution is 2.20. The van der Waals surface area contributed by atoms with Crippen LogP contribution in [0, 0.1) is 5.92 Å². The minimum absolute atomic E-state index is 0.00184. The van der Waals surface area contributed by atoms with Crippen LogP contribution in [0.15, 0.2) is 30.3 Å². The Morgan fingerprint density at radius 3 is 2.54 bits per heavy atom. The van der Waals surface area contributed by atoms with Crippen LogP contribution in [0.4, 0.5) is 0 Å². The van der Waals surface area contributed by atoms with Gasteiger partial charge in [0.1, 0.15) is 6.04 Å². The summed E-state index contributed by atoms with van der Waals surface area (Å²) in [5.41, 5.74) is 6.87. The molecule has 1 heterocycles. The van der Waals surface area contributed by atoms with E-state index < -0.39 is 12.1 Å². The van der Waals surface area contributed by atoms with Gasteiger partial charge in [-0.25, -0.2) is 0 Å². The Hall–Kier alpha value is -1.92. The van der Waals surface area contributed by atoms with Gasteiger partial charge >= 0.3 is 0 Å². The van der Waals surface area contributed by atoms with E-state index in [2.05, 4.69) is 22.8 Å². The Balaban J connectivity index is 1.93. The van der Waals surface area contributed by atoms with E-state index in [-0.39, 0.29) is 23.8 Å². The number of amides is 2. The summed E-state index contributed by atoms with van der Waals surface area (Å²) < 4.78 is 0. The van der Waals surface area contributed by atoms with E-state index in [0.717, 1.165) is 32.5 Å². The smallest absolute Gasteiger partial charge is 0.245 e. The number of nitrogens with two attached hydrogens (primary N) is 1. The van der Waals surface area contributed by atoms with E-state index in [9.17, 15) is 9.59 Å². The average Bonchev–Trinajstić information content (AvgIpc) is 3.08. The van der Waals surface area contributed by atoms with Crippen LogP contribution in [-0.2, 0) is 16.1 Å². The summed E-state index contributed by atoms with van der Waals surface area (Å²) in [6.45, 7) is 7.81. The Labute approximate surface area is 156 Å². The molecule has 0 aliphatic carbocycles. The van der Waals surface area contributed by atoms with Crippen molar-refractivity contribution < 1.29 is 9.59 Å². The van der Waals surface area contributed by atoms with Gasteiger partial charge in [0.15, 0.2) is 0 Å². The minimum Gasteiger partial charge on any atom is -0.343 e. The predicted octanol–water partition coefficient (Wildman–Crippen LogP) is 1.26. The SMILES string of the molecule is CC(C)[C@H](NC(=O)[C@H](C)N)C(=O)N1CCC[C@@H]1CNCc1ccccc1. The number of likely N-dealkylation sites (tertiary alicyclic amines) is 1. The number of hydrogen-bond acceptors (Lipinski definition) is 4. The van der Waals surface area contributed by atoms with Crippen molar-refractivity contribution in [3.8, 4) is 0 Å². The van der Waals surface area contributed by atoms with Crippen LogP contribution in [0.1, 0.15) is 39.2 Å². The zero-order valence-corrected chi connectivity index (χ0v) is 16.1. The zero-order chi connectivity index (χ0) is 19.1. The number of hydrogen-bond donors (Lipinski definition) is 3. The van der Waals surface area contributed by atoms with Crippen molar-refractivity contribution in [3.63, 3.8) is 0 Å². The van der Waals surface area contributed by atoms with Gasteiger partial charge in [-0.15, -0.1) is 0 Å². The number of nitrogens with one attached hydrogen (secondary N) is 2. The van der Waals surface area contributed by atoms with Gasteiger partial charge in [-0.3, -0.25) is 9.59 Å². The standard InChI is InChI=1S/C20H32N4O2/c1-14(2)18(23-19(25)15(3)21)20(26)24-11-7-10-17(24)13-22-12-16-8-5-4-6-9-16/h4-6,8-9,14-15,17-18,22H,7,10-13,21H2,1-3H3,(H,23,25)/t15-,17+,18-/m0/s1. The Bertz CT molecular complexity index is 589. The third-order valence-corrected chi connectivity index (χ3v) is 4.86. The van der Waals surface area contributed by atoms with Crippen molar-refractivity contribution in [2.45, 2.75) is 58.3 Å². The highest BCUT2D eigenvalue weighted by Gasteiger charge is 2.35. The molecule has 2 amide bonds. The molecule has 6 heteroatoms. The van der Waals surface area contributed by atoms with Crippen molar-refractivity contribution >= 4 is 11.8 Å². The van der Waals surface area contributed by atoms with Gasteiger partial charge in [0, 0.05) is 25.7 Å². The number of carbonyl (C=O) groups is 2. The fourth-order valence-electron chi connectivity index (χ4n) is 3.29. The van der Waals surface area contributed by atoms with Crippen LogP contribution in [0.25, 0.3) is 0 Å². The van der Waals surface area contributed by atoms with Crippen molar-refractivity contribution in [1.29, 1.82) is 0 Å². The van der Waals surface area contributed by atoms with Gasteiger partial charge in [-0.05, 0) is 31.2 Å². The van der Waals surface area contributed by atoms with E-state index in [1.807, 2.05) is 36.9 Å². The molecule has 0 saturated carbocycles. The van der Waals surface area contributed by atoms with E-state index in [1.165, 1.54) is 5.56 Å². The second kappa shape index (κ2) is 9.69. The molecule has 1 aliphatic heterocycles. The van der Waals surface area contributed by atoms with Crippen LogP contribution >= 0.6 is 0 Å². The van der Waals surface area contributed by atoms with E-state index in [4.69, 9.17) is 5.73 Å². The monoisotopic (exact) mass is 360 g/mol. The van der Waals surface area contributed by atoms with E-state index in [0.29, 0.717) is 0 Å². The summed E-state index contributed by atoms with van der Waals surface area (Å²) in [6.07, 6.45) is 1.98. The zero-order valence-electron chi connectivity index (χ0n) is 16.1. The molecule has 1 aromatic rings. The lowest BCUT2D eigenvalue weighted by Gasteiger charge is -2.31. The first-order valence-electron chi connectivity index (χ1n) is 9.51. The molecule has 1 fully saturated rings. The lowest BCUT2D eigenvalue weighted by molar-refractivity contribution is -0.138. The van der Waals surface area contributed by atoms with E-state index >= 15 is 0 Å². The Morgan fingerprint density at radius 2 is 1.92 bits per heavy atom. The number of nitrogens with zero attached hydrogens (tertiary/aromatic N) is 1. The summed E-state index contributed by atoms with van der Waals surface area (Å²) in [7, 11) is 0. The van der Waals surface area contributed by atoms with Gasteiger partial charge in [0.2, 0.25) is 11.8 Å². The molecule has 3 atom stereocenters. The maximum Gasteiger partial charge on any atom is 0.245 e. The van der Waals surface area contributed by atoms with Gasteiger partial charge in [-0.1, -0.05) is 44.2 Å². The first kappa shape index (κ1) is 20.4. The second-order valence-electron chi connectivity index (χ2n) is 7.46. The van der Waals surface area contributed by atoms with Gasteiger partial charge < -0.3 is 21.3 Å². The predicted molar refractivity (Wildman–Crippen MR) is 103 cm³/mol. The lowest BCUT2D eigenvalue weighted by atomic mass is 10.0. The molecule has 1 aromatic carbocycles. The second-order valence-corrected chi connectivity index (χ2v) is 7.46. The molecule has 6 nitrogen and oxygen atoms in total. The van der Waals surface area contributed by atoms with Crippen molar-refractivity contribution in [3.05, 3.63) is 35.9 Å². The largest absolute Gasteiger partial charge is 0.343 e. The molecule has 0 bridgehead atoms. The van der Waals surface area contributed by atoms with Crippen molar-refractivity contribution in [2.75, 3.05) is 13.1 Å². The first-order chi connectivity index (χ1) is 12.4. The summed E-state index contributed by atoms with van der Waals surface area (Å²) in [6, 6.07) is 9.25. The van der Waals surface area contributed by atoms with Gasteiger partial charge in [0.05, 0.1) is 6.04 Å². The van der Waals surface area contributed by atoms with Crippen LogP contribution in [0.3, 0.4) is 0 Å². The normalized spacial score (nSPS) is 19.4. The third-order valence-electron chi connectivity index (χ3n) is 4.86. The molecule has 0 unspecified atom stereocenters. The number of benzene rings is 1. The van der Waals surface area contributed by atoms with Crippen molar-refractivity contribution in [1.82, 2.24) is 15.5 Å². The molecule has 1 saturated heterocycles. The molecule has 1 aliphatic rings. The Kier molecular flexibility index (Phi) is 7.60. The summed E-state index contributed by atoms with van der Waals surface area (Å²) >= 11 is 0. The maximum atomic E-state index is 13.0. The number of rotatable bonds is 8. The molecule has 2 rings (SSSR count). The quantitative estimate of drug-likeness (QED) is 0.651. The molecular formula is C20H32N4O2. The van der Waals surface area contributed by atoms with Crippen LogP contribution in [-0.4, -0.2) is 47.9 Å². The molecule has 144 valence electrons. The minimum atomic E-state index is -0.619. The summed E-state index contributed by atoms with van der Waals surface area (Å²) in [4.78, 5) is 26.9. The van der Waals surface area contributed by atoms with Crippen molar-refractivity contribution in [2.24, 2.45) is 11.7 Å². The lowest BCUT2D eigenvalue weighted by Crippen LogP contribution is -2.56. The molecular weight excluding hydrogens is 328 g/mol. The maximum absolute atomic E-state index is 13.0. The molecule has 0 radical (unpaired) electrons. The molecule has 26 heavy (non-hydrogen) atoms. The highest BCUT2D eigenvalue weighted by atomic mass is 16.2. The molecule has 0 aromatic heterocycles. The third kappa shape index (κ3) is 5.54. The first-order valence-corrected chi connectivity index (χ1v) is 9.51. The molecule has 4 N–H and O–H groups in total. The topological polar surface area (TPSA) is 87.5 Å². The van der Waals surface area contributed by atoms with Gasteiger partial charge in [-0.2, -0.15) is 0 Å². The fourth-order valence-corrected chi connectivity index (χ4v) is 3.29. The van der Waals surface area contributed by atoms with E-state index in [1.54, 1.807) is 6.92 Å². The average molecular weight is 361 g/mol. The van der Waals surface area contributed by atoms with Crippen LogP contribution in [0.2, 0.25) is 0 Å². The summed E-state index contributed by atoms with van der Waals surface area (Å²) in [5.74, 6) is -0.267. The Morgan fingerprint density at radius 1 is 1.23 bits per heavy atom. The van der Waals surface area contributed by atoms with Crippen LogP contribution < -0.4 is 16.4 Å². The molecule has 0 spiro atoms. The number of carbonyl (C=O) groups excluding carboxylic acids is 2. The summed E-state index contributed by atoms with van der Waals surface area (Å²) in [5, 5.41) is 6.27. The van der Waals surface area contributed by atoms with Gasteiger partial charge in [0.25, 0.3) is 0 Å². The highest BCUT2D eigenvalue weighted by molar-refractivity contribution is 5.90. The van der Waals surface area contributed by atoms with Crippen LogP contribution in [0.5, 0.6) is 0 Å². The fraction of sp³-hybridized carbons (Fsp3) is 0.600.